The molecule has 24 heavy (non-hydrogen) atoms. The number of fused-ring (bicyclic) bond motifs is 1. The van der Waals surface area contributed by atoms with Crippen LogP contribution in [-0.2, 0) is 14.8 Å². The van der Waals surface area contributed by atoms with E-state index in [1.54, 1.807) is 18.2 Å². The fraction of sp³-hybridized carbons (Fsp3) is 0.176. The van der Waals surface area contributed by atoms with Gasteiger partial charge in [-0.3, -0.25) is 4.79 Å². The van der Waals surface area contributed by atoms with Crippen molar-refractivity contribution in [2.75, 3.05) is 16.8 Å². The van der Waals surface area contributed by atoms with Crippen molar-refractivity contribution in [1.82, 2.24) is 0 Å². The Balaban J connectivity index is 1.83. The largest absolute Gasteiger partial charge is 0.324 e. The zero-order chi connectivity index (χ0) is 17.3. The molecule has 2 aromatic rings. The van der Waals surface area contributed by atoms with Crippen molar-refractivity contribution >= 4 is 33.6 Å². The molecule has 7 heteroatoms. The minimum Gasteiger partial charge on any atom is -0.324 e. The Kier molecular flexibility index (Phi) is 4.11. The first kappa shape index (κ1) is 16.2. The zero-order valence-corrected chi connectivity index (χ0v) is 14.2. The lowest BCUT2D eigenvalue weighted by atomic mass is 10.1. The average Bonchev–Trinajstić information content (AvgIpc) is 2.54. The maximum absolute atomic E-state index is 12.4. The zero-order valence-electron chi connectivity index (χ0n) is 13.4. The molecule has 124 valence electrons. The number of aryl methyl sites for hydroxylation is 2. The van der Waals surface area contributed by atoms with Gasteiger partial charge < -0.3 is 10.2 Å². The van der Waals surface area contributed by atoms with E-state index in [-0.39, 0.29) is 17.3 Å². The Labute approximate surface area is 140 Å². The summed E-state index contributed by atoms with van der Waals surface area (Å²) in [7, 11) is -3.69. The minimum absolute atomic E-state index is 0.0240. The van der Waals surface area contributed by atoms with Crippen molar-refractivity contribution in [3.8, 4) is 0 Å². The Morgan fingerprint density at radius 3 is 2.46 bits per heavy atom. The van der Waals surface area contributed by atoms with Gasteiger partial charge in [0.05, 0.1) is 5.69 Å². The van der Waals surface area contributed by atoms with E-state index in [1.165, 1.54) is 17.3 Å². The number of amides is 1. The van der Waals surface area contributed by atoms with Crippen LogP contribution in [0.4, 0.5) is 11.4 Å². The average molecular weight is 343 g/mol. The summed E-state index contributed by atoms with van der Waals surface area (Å²) in [6.07, 6.45) is 1.18. The van der Waals surface area contributed by atoms with E-state index in [4.69, 9.17) is 0 Å². The lowest BCUT2D eigenvalue weighted by Gasteiger charge is -2.24. The van der Waals surface area contributed by atoms with E-state index in [1.807, 2.05) is 32.0 Å². The van der Waals surface area contributed by atoms with Crippen molar-refractivity contribution in [2.45, 2.75) is 18.7 Å². The molecule has 0 spiro atoms. The number of hydrogen-bond acceptors (Lipinski definition) is 4. The van der Waals surface area contributed by atoms with E-state index in [0.29, 0.717) is 5.69 Å². The Hall–Kier alpha value is -2.67. The second kappa shape index (κ2) is 6.09. The third-order valence-corrected chi connectivity index (χ3v) is 5.11. The molecule has 0 saturated heterocycles. The molecule has 0 fully saturated rings. The van der Waals surface area contributed by atoms with Crippen molar-refractivity contribution < 1.29 is 13.2 Å². The Morgan fingerprint density at radius 1 is 1.08 bits per heavy atom. The lowest BCUT2D eigenvalue weighted by Crippen LogP contribution is -2.35. The summed E-state index contributed by atoms with van der Waals surface area (Å²) in [5.74, 6) is -0.243. The van der Waals surface area contributed by atoms with Crippen LogP contribution >= 0.6 is 0 Å². The maximum atomic E-state index is 12.4. The van der Waals surface area contributed by atoms with Crippen molar-refractivity contribution in [2.24, 2.45) is 4.40 Å². The smallest absolute Gasteiger partial charge is 0.285 e. The van der Waals surface area contributed by atoms with Crippen LogP contribution in [-0.4, -0.2) is 27.2 Å². The number of benzene rings is 2. The molecule has 1 amide bonds. The van der Waals surface area contributed by atoms with Gasteiger partial charge in [0.15, 0.2) is 0 Å². The molecule has 6 nitrogen and oxygen atoms in total. The van der Waals surface area contributed by atoms with Crippen LogP contribution in [0, 0.1) is 13.8 Å². The molecule has 0 aromatic heterocycles. The topological polar surface area (TPSA) is 78.8 Å². The van der Waals surface area contributed by atoms with Crippen LogP contribution in [0.15, 0.2) is 51.8 Å². The van der Waals surface area contributed by atoms with Gasteiger partial charge in [0, 0.05) is 5.69 Å². The summed E-state index contributed by atoms with van der Waals surface area (Å²) >= 11 is 0. The van der Waals surface area contributed by atoms with Gasteiger partial charge in [0.1, 0.15) is 17.8 Å². The second-order valence-corrected chi connectivity index (χ2v) is 7.21. The summed E-state index contributed by atoms with van der Waals surface area (Å²) in [6.45, 7) is 3.82. The van der Waals surface area contributed by atoms with Crippen LogP contribution in [0.2, 0.25) is 0 Å². The van der Waals surface area contributed by atoms with Crippen LogP contribution < -0.4 is 10.2 Å². The molecule has 0 bridgehead atoms. The summed E-state index contributed by atoms with van der Waals surface area (Å²) < 4.78 is 27.5. The Bertz CT molecular complexity index is 916. The first-order chi connectivity index (χ1) is 11.4. The van der Waals surface area contributed by atoms with Crippen molar-refractivity contribution in [3.05, 3.63) is 53.6 Å². The molecule has 0 radical (unpaired) electrons. The summed E-state index contributed by atoms with van der Waals surface area (Å²) in [6, 6.07) is 12.3. The normalized spacial score (nSPS) is 15.0. The van der Waals surface area contributed by atoms with E-state index in [9.17, 15) is 13.2 Å². The molecule has 1 aliphatic rings. The van der Waals surface area contributed by atoms with Gasteiger partial charge >= 0.3 is 0 Å². The van der Waals surface area contributed by atoms with Crippen molar-refractivity contribution in [3.63, 3.8) is 0 Å². The number of para-hydroxylation sites is 2. The number of nitrogens with one attached hydrogen (secondary N) is 1. The first-order valence-corrected chi connectivity index (χ1v) is 8.85. The monoisotopic (exact) mass is 343 g/mol. The fourth-order valence-electron chi connectivity index (χ4n) is 2.62. The molecular weight excluding hydrogens is 326 g/mol. The predicted molar refractivity (Wildman–Crippen MR) is 94.0 cm³/mol. The number of sulfonamides is 1. The molecule has 0 saturated carbocycles. The van der Waals surface area contributed by atoms with E-state index >= 15 is 0 Å². The highest BCUT2D eigenvalue weighted by Crippen LogP contribution is 2.29. The molecule has 0 unspecified atom stereocenters. The third-order valence-electron chi connectivity index (χ3n) is 3.84. The molecule has 0 aliphatic carbocycles. The summed E-state index contributed by atoms with van der Waals surface area (Å²) in [4.78, 5) is 14.0. The van der Waals surface area contributed by atoms with Gasteiger partial charge in [0.2, 0.25) is 5.91 Å². The van der Waals surface area contributed by atoms with Crippen LogP contribution in [0.5, 0.6) is 0 Å². The maximum Gasteiger partial charge on any atom is 0.285 e. The summed E-state index contributed by atoms with van der Waals surface area (Å²) in [5.41, 5.74) is 3.17. The molecule has 1 aliphatic heterocycles. The number of hydrogen-bond donors (Lipinski definition) is 1. The molecule has 3 rings (SSSR count). The number of carbonyl (C=O) groups excluding carboxylic acids is 1. The van der Waals surface area contributed by atoms with Crippen LogP contribution in [0.1, 0.15) is 11.1 Å². The second-order valence-electron chi connectivity index (χ2n) is 5.61. The third kappa shape index (κ3) is 3.03. The molecule has 2 aromatic carbocycles. The molecule has 0 atom stereocenters. The first-order valence-electron chi connectivity index (χ1n) is 7.41. The Morgan fingerprint density at radius 2 is 1.75 bits per heavy atom. The summed E-state index contributed by atoms with van der Waals surface area (Å²) in [5, 5.41) is 2.89. The van der Waals surface area contributed by atoms with Gasteiger partial charge in [-0.25, -0.2) is 0 Å². The highest BCUT2D eigenvalue weighted by molar-refractivity contribution is 7.90. The molecular formula is C17H17N3O3S. The fourth-order valence-corrected chi connectivity index (χ4v) is 3.67. The standard InChI is InChI=1S/C17H17N3O3S/c1-12-6-5-7-13(2)17(12)19-16(21)10-20-11-18-24(22,23)15-9-4-3-8-14(15)20/h3-9,11H,10H2,1-2H3,(H,19,21). The van der Waals surface area contributed by atoms with E-state index < -0.39 is 10.0 Å². The molecule has 1 N–H and O–H groups in total. The minimum atomic E-state index is -3.69. The lowest BCUT2D eigenvalue weighted by molar-refractivity contribution is -0.114. The van der Waals surface area contributed by atoms with Gasteiger partial charge in [-0.05, 0) is 37.1 Å². The quantitative estimate of drug-likeness (QED) is 0.928. The number of anilines is 2. The van der Waals surface area contributed by atoms with E-state index in [0.717, 1.165) is 16.8 Å². The van der Waals surface area contributed by atoms with Gasteiger partial charge in [-0.1, -0.05) is 30.3 Å². The van der Waals surface area contributed by atoms with Crippen LogP contribution in [0.25, 0.3) is 0 Å². The highest BCUT2D eigenvalue weighted by atomic mass is 32.2. The van der Waals surface area contributed by atoms with Gasteiger partial charge in [-0.15, -0.1) is 4.40 Å². The van der Waals surface area contributed by atoms with Crippen LogP contribution in [0.3, 0.4) is 0 Å². The van der Waals surface area contributed by atoms with Gasteiger partial charge in [0.25, 0.3) is 10.0 Å². The van der Waals surface area contributed by atoms with Crippen molar-refractivity contribution in [1.29, 1.82) is 0 Å². The van der Waals surface area contributed by atoms with Gasteiger partial charge in [-0.2, -0.15) is 8.42 Å². The number of nitrogens with zero attached hydrogens (tertiary/aromatic N) is 2. The number of rotatable bonds is 3. The SMILES string of the molecule is Cc1cccc(C)c1NC(=O)CN1C=NS(=O)(=O)c2ccccc21. The number of carbonyl (C=O) groups is 1. The van der Waals surface area contributed by atoms with E-state index in [2.05, 4.69) is 9.71 Å². The highest BCUT2D eigenvalue weighted by Gasteiger charge is 2.26. The molecule has 1 heterocycles. The predicted octanol–water partition coefficient (Wildman–Crippen LogP) is 2.48.